The van der Waals surface area contributed by atoms with Crippen LogP contribution in [0.5, 0.6) is 0 Å². The van der Waals surface area contributed by atoms with Crippen molar-refractivity contribution in [1.82, 2.24) is 44.7 Å². The van der Waals surface area contributed by atoms with Crippen molar-refractivity contribution in [3.63, 3.8) is 0 Å². The zero-order valence-corrected chi connectivity index (χ0v) is 23.4. The Kier molecular flexibility index (Phi) is 6.56. The van der Waals surface area contributed by atoms with Crippen molar-refractivity contribution in [2.45, 2.75) is 45.2 Å². The third-order valence-corrected chi connectivity index (χ3v) is 7.18. The number of carbonyl (C=O) groups is 1. The lowest BCUT2D eigenvalue weighted by Gasteiger charge is -2.32. The molecule has 1 aliphatic heterocycles. The molecule has 5 aromatic rings. The van der Waals surface area contributed by atoms with Crippen LogP contribution in [-0.2, 0) is 6.42 Å². The van der Waals surface area contributed by atoms with Gasteiger partial charge in [-0.15, -0.1) is 5.10 Å². The normalized spacial score (nSPS) is 14.6. The highest BCUT2D eigenvalue weighted by Gasteiger charge is 2.31. The smallest absolute Gasteiger partial charge is 0.413 e. The molecule has 1 atom stereocenters. The van der Waals surface area contributed by atoms with Gasteiger partial charge in [-0.3, -0.25) is 14.3 Å². The zero-order valence-electron chi connectivity index (χ0n) is 22.7. The van der Waals surface area contributed by atoms with Crippen LogP contribution in [0.1, 0.15) is 44.8 Å². The number of imidazole rings is 1. The van der Waals surface area contributed by atoms with Gasteiger partial charge in [-0.2, -0.15) is 9.07 Å². The number of tetrazole rings is 1. The number of benzene rings is 1. The molecule has 5 heterocycles. The maximum atomic E-state index is 15.1. The van der Waals surface area contributed by atoms with Crippen molar-refractivity contribution in [1.29, 1.82) is 0 Å². The fourth-order valence-corrected chi connectivity index (χ4v) is 5.33. The van der Waals surface area contributed by atoms with E-state index in [9.17, 15) is 14.7 Å². The van der Waals surface area contributed by atoms with Gasteiger partial charge >= 0.3 is 6.09 Å². The first-order valence-electron chi connectivity index (χ1n) is 12.9. The molecule has 2 N–H and O–H groups in total. The molecule has 13 nitrogen and oxygen atoms in total. The highest BCUT2D eigenvalue weighted by atomic mass is 35.5. The van der Waals surface area contributed by atoms with Crippen LogP contribution < -0.4 is 10.5 Å². The molecule has 0 radical (unpaired) electrons. The van der Waals surface area contributed by atoms with Gasteiger partial charge in [0.1, 0.15) is 23.8 Å². The van der Waals surface area contributed by atoms with Crippen LogP contribution in [-0.4, -0.2) is 61.4 Å². The minimum Gasteiger partial charge on any atom is -0.465 e. The topological polar surface area (TPSA) is 161 Å². The van der Waals surface area contributed by atoms with Gasteiger partial charge in [0, 0.05) is 28.6 Å². The van der Waals surface area contributed by atoms with Crippen molar-refractivity contribution < 1.29 is 14.3 Å². The fraction of sp³-hybridized carbons (Fsp3) is 0.259. The second-order valence-corrected chi connectivity index (χ2v) is 11.2. The molecule has 15 heteroatoms. The summed E-state index contributed by atoms with van der Waals surface area (Å²) < 4.78 is 18.2. The van der Waals surface area contributed by atoms with Gasteiger partial charge in [-0.05, 0) is 68.0 Å². The number of rotatable bonds is 5. The van der Waals surface area contributed by atoms with E-state index in [0.29, 0.717) is 46.3 Å². The lowest BCUT2D eigenvalue weighted by Crippen LogP contribution is -2.45. The van der Waals surface area contributed by atoms with E-state index in [1.165, 1.54) is 29.2 Å². The summed E-state index contributed by atoms with van der Waals surface area (Å²) in [6.45, 7) is 5.07. The number of halogens is 2. The first-order chi connectivity index (χ1) is 20.0. The average molecular weight is 591 g/mol. The number of pyridine rings is 1. The Bertz CT molecular complexity index is 1880. The predicted molar refractivity (Wildman–Crippen MR) is 150 cm³/mol. The summed E-state index contributed by atoms with van der Waals surface area (Å²) in [5.74, 6) is -0.132. The van der Waals surface area contributed by atoms with E-state index in [1.807, 2.05) is 0 Å². The summed E-state index contributed by atoms with van der Waals surface area (Å²) in [6, 6.07) is 9.05. The van der Waals surface area contributed by atoms with E-state index >= 15 is 4.39 Å². The van der Waals surface area contributed by atoms with Crippen LogP contribution >= 0.6 is 11.6 Å². The van der Waals surface area contributed by atoms with Crippen LogP contribution in [0.2, 0.25) is 5.02 Å². The van der Waals surface area contributed by atoms with E-state index in [4.69, 9.17) is 16.6 Å². The maximum absolute atomic E-state index is 15.1. The van der Waals surface area contributed by atoms with E-state index in [1.54, 1.807) is 49.7 Å². The first kappa shape index (κ1) is 27.2. The van der Waals surface area contributed by atoms with Gasteiger partial charge in [0.2, 0.25) is 5.95 Å². The predicted octanol–water partition coefficient (Wildman–Crippen LogP) is 4.28. The highest BCUT2D eigenvalue weighted by molar-refractivity contribution is 6.31. The van der Waals surface area contributed by atoms with Crippen LogP contribution in [0.4, 0.5) is 15.0 Å². The molecule has 6 rings (SSSR count). The van der Waals surface area contributed by atoms with Crippen molar-refractivity contribution in [3.05, 3.63) is 81.8 Å². The Morgan fingerprint density at radius 3 is 2.67 bits per heavy atom. The van der Waals surface area contributed by atoms with Crippen molar-refractivity contribution in [2.75, 3.05) is 4.90 Å². The molecule has 0 saturated carbocycles. The lowest BCUT2D eigenvalue weighted by molar-refractivity contribution is 0.195. The number of aromatic amines is 1. The summed E-state index contributed by atoms with van der Waals surface area (Å²) in [7, 11) is 0. The van der Waals surface area contributed by atoms with Crippen LogP contribution in [0.3, 0.4) is 0 Å². The molecule has 0 bridgehead atoms. The maximum Gasteiger partial charge on any atom is 0.413 e. The van der Waals surface area contributed by atoms with Gasteiger partial charge in [0.05, 0.1) is 34.9 Å². The zero-order chi connectivity index (χ0) is 29.8. The molecule has 0 fully saturated rings. The minimum absolute atomic E-state index is 0.0378. The molecule has 0 aliphatic carbocycles. The molecule has 0 spiro atoms. The van der Waals surface area contributed by atoms with Gasteiger partial charge in [-0.25, -0.2) is 19.7 Å². The number of amides is 1. The summed E-state index contributed by atoms with van der Waals surface area (Å²) in [4.78, 5) is 42.3. The molecule has 0 saturated heterocycles. The second-order valence-electron chi connectivity index (χ2n) is 10.7. The molecule has 42 heavy (non-hydrogen) atoms. The summed E-state index contributed by atoms with van der Waals surface area (Å²) in [5.41, 5.74) is 1.21. The van der Waals surface area contributed by atoms with Crippen molar-refractivity contribution in [3.8, 4) is 28.3 Å². The molecular formula is C27H24ClFN10O3. The van der Waals surface area contributed by atoms with E-state index in [-0.39, 0.29) is 22.8 Å². The van der Waals surface area contributed by atoms with Crippen molar-refractivity contribution >= 4 is 23.5 Å². The third kappa shape index (κ3) is 4.79. The molecule has 4 aromatic heterocycles. The molecule has 214 valence electrons. The number of anilines is 1. The van der Waals surface area contributed by atoms with E-state index in [2.05, 4.69) is 30.5 Å². The standard InChI is InChI=1S/C27H24ClFN10O3/c1-27(2,3)39(26(41)42)22-8-5-15(24(29)34-22)25-30-12-18(33-25)20-7-9-21-32-17(11-23(40)38(20)21)16-10-14(28)4-6-19(16)37-13-31-35-36-37/h4-6,8,10-13,20H,7,9H2,1-3H3,(H,30,33)(H,41,42). The number of hydrogen-bond acceptors (Lipinski definition) is 8. The van der Waals surface area contributed by atoms with Crippen molar-refractivity contribution in [2.24, 2.45) is 0 Å². The number of H-pyrrole nitrogens is 1. The summed E-state index contributed by atoms with van der Waals surface area (Å²) >= 11 is 6.27. The van der Waals surface area contributed by atoms with Crippen LogP contribution in [0.15, 0.2) is 53.7 Å². The summed E-state index contributed by atoms with van der Waals surface area (Å²) in [6.07, 6.45) is 2.84. The average Bonchev–Trinajstić information content (AvgIpc) is 3.69. The number of nitrogens with zero attached hydrogens (tertiary/aromatic N) is 9. The molecule has 1 amide bonds. The van der Waals surface area contributed by atoms with Crippen LogP contribution in [0, 0.1) is 5.95 Å². The second kappa shape index (κ2) is 10.1. The number of aryl methyl sites for hydroxylation is 1. The Labute approximate surface area is 242 Å². The molecule has 1 aromatic carbocycles. The number of aromatic nitrogens is 9. The van der Waals surface area contributed by atoms with Gasteiger partial charge in [-0.1, -0.05) is 11.6 Å². The Balaban J connectivity index is 1.32. The number of carboxylic acid groups (broad SMARTS) is 1. The SMILES string of the molecule is CC(C)(C)N(C(=O)O)c1ccc(-c2ncc(C3CCc4nc(-c5cc(Cl)ccc5-n5cnnn5)cc(=O)n43)[nH]2)c(F)n1. The van der Waals surface area contributed by atoms with Crippen LogP contribution in [0.25, 0.3) is 28.3 Å². The quantitative estimate of drug-likeness (QED) is 0.285. The monoisotopic (exact) mass is 590 g/mol. The van der Waals surface area contributed by atoms with E-state index < -0.39 is 23.6 Å². The molecular weight excluding hydrogens is 567 g/mol. The third-order valence-electron chi connectivity index (χ3n) is 6.94. The minimum atomic E-state index is -1.24. The highest BCUT2D eigenvalue weighted by Crippen LogP contribution is 2.33. The largest absolute Gasteiger partial charge is 0.465 e. The first-order valence-corrected chi connectivity index (χ1v) is 13.3. The van der Waals surface area contributed by atoms with Gasteiger partial charge in [0.25, 0.3) is 5.56 Å². The Hall–Kier alpha value is -4.98. The van der Waals surface area contributed by atoms with Gasteiger partial charge in [0.15, 0.2) is 0 Å². The molecule has 1 aliphatic rings. The summed E-state index contributed by atoms with van der Waals surface area (Å²) in [5, 5.41) is 21.4. The number of hydrogen-bond donors (Lipinski definition) is 2. The number of fused-ring (bicyclic) bond motifs is 1. The van der Waals surface area contributed by atoms with E-state index in [0.717, 1.165) is 4.90 Å². The fourth-order valence-electron chi connectivity index (χ4n) is 5.16. The Morgan fingerprint density at radius 2 is 1.98 bits per heavy atom. The number of nitrogens with one attached hydrogen (secondary N) is 1. The lowest BCUT2D eigenvalue weighted by atomic mass is 10.1. The van der Waals surface area contributed by atoms with Gasteiger partial charge < -0.3 is 10.1 Å². The Morgan fingerprint density at radius 1 is 1.17 bits per heavy atom. The molecule has 1 unspecified atom stereocenters.